The van der Waals surface area contributed by atoms with Gasteiger partial charge < -0.3 is 9.64 Å². The molecule has 19 heavy (non-hydrogen) atoms. The quantitative estimate of drug-likeness (QED) is 0.726. The highest BCUT2D eigenvalue weighted by molar-refractivity contribution is 8.00. The first-order valence-corrected chi connectivity index (χ1v) is 7.95. The topological polar surface area (TPSA) is 46.6 Å². The Balaban J connectivity index is 2.28. The largest absolute Gasteiger partial charge is 0.469 e. The van der Waals surface area contributed by atoms with Gasteiger partial charge in [-0.2, -0.15) is 11.3 Å². The molecule has 0 fully saturated rings. The molecule has 1 atom stereocenters. The van der Waals surface area contributed by atoms with Crippen LogP contribution in [0, 0.1) is 0 Å². The van der Waals surface area contributed by atoms with Gasteiger partial charge in [-0.25, -0.2) is 0 Å². The van der Waals surface area contributed by atoms with Gasteiger partial charge in [-0.05, 0) is 22.4 Å². The smallest absolute Gasteiger partial charge is 0.306 e. The molecule has 1 heterocycles. The van der Waals surface area contributed by atoms with Gasteiger partial charge in [0.25, 0.3) is 0 Å². The van der Waals surface area contributed by atoms with Crippen molar-refractivity contribution in [1.29, 1.82) is 0 Å². The zero-order chi connectivity index (χ0) is 14.3. The van der Waals surface area contributed by atoms with Gasteiger partial charge in [-0.1, -0.05) is 6.92 Å². The molecule has 1 unspecified atom stereocenters. The van der Waals surface area contributed by atoms with E-state index in [4.69, 9.17) is 0 Å². The summed E-state index contributed by atoms with van der Waals surface area (Å²) >= 11 is 3.11. The first kappa shape index (κ1) is 16.0. The summed E-state index contributed by atoms with van der Waals surface area (Å²) in [6.45, 7) is 2.56. The Bertz CT molecular complexity index is 406. The Morgan fingerprint density at radius 3 is 2.84 bits per heavy atom. The molecule has 0 radical (unpaired) electrons. The van der Waals surface area contributed by atoms with E-state index in [9.17, 15) is 9.59 Å². The third-order valence-corrected chi connectivity index (χ3v) is 4.48. The summed E-state index contributed by atoms with van der Waals surface area (Å²) in [6.07, 6.45) is 0.336. The molecule has 1 amide bonds. The fraction of sp³-hybridized carbons (Fsp3) is 0.538. The molecule has 0 aromatic carbocycles. The van der Waals surface area contributed by atoms with Crippen LogP contribution in [0.5, 0.6) is 0 Å². The minimum Gasteiger partial charge on any atom is -0.469 e. The summed E-state index contributed by atoms with van der Waals surface area (Å²) in [6, 6.07) is 2.02. The maximum atomic E-state index is 11.9. The van der Waals surface area contributed by atoms with Crippen molar-refractivity contribution in [3.8, 4) is 0 Å². The molecule has 4 nitrogen and oxygen atoms in total. The zero-order valence-corrected chi connectivity index (χ0v) is 13.1. The predicted octanol–water partition coefficient (Wildman–Crippen LogP) is 2.39. The molecule has 0 saturated carbocycles. The number of rotatable bonds is 7. The number of nitrogens with zero attached hydrogens (tertiary/aromatic N) is 1. The van der Waals surface area contributed by atoms with Crippen molar-refractivity contribution in [2.45, 2.75) is 25.1 Å². The number of thiophene rings is 1. The SMILES string of the molecule is COC(=O)CC(C)SCC(=O)N(C)Cc1ccsc1. The van der Waals surface area contributed by atoms with Gasteiger partial charge in [-0.15, -0.1) is 11.8 Å². The number of methoxy groups -OCH3 is 1. The van der Waals surface area contributed by atoms with Crippen LogP contribution in [0.15, 0.2) is 16.8 Å². The van der Waals surface area contributed by atoms with Gasteiger partial charge in [0.05, 0.1) is 19.3 Å². The van der Waals surface area contributed by atoms with E-state index in [1.165, 1.54) is 18.9 Å². The minimum absolute atomic E-state index is 0.0768. The Labute approximate surface area is 122 Å². The monoisotopic (exact) mass is 301 g/mol. The van der Waals surface area contributed by atoms with Gasteiger partial charge in [0.2, 0.25) is 5.91 Å². The fourth-order valence-electron chi connectivity index (χ4n) is 1.45. The normalized spacial score (nSPS) is 11.9. The molecule has 0 N–H and O–H groups in total. The number of amides is 1. The van der Waals surface area contributed by atoms with Crippen molar-refractivity contribution in [3.05, 3.63) is 22.4 Å². The maximum Gasteiger partial charge on any atom is 0.306 e. The van der Waals surface area contributed by atoms with Crippen LogP contribution >= 0.6 is 23.1 Å². The summed E-state index contributed by atoms with van der Waals surface area (Å²) in [5.74, 6) is 0.228. The predicted molar refractivity (Wildman–Crippen MR) is 79.3 cm³/mol. The Morgan fingerprint density at radius 2 is 2.26 bits per heavy atom. The van der Waals surface area contributed by atoms with Gasteiger partial charge in [0, 0.05) is 18.8 Å². The van der Waals surface area contributed by atoms with Gasteiger partial charge in [-0.3, -0.25) is 9.59 Å². The average Bonchev–Trinajstić information content (AvgIpc) is 2.88. The van der Waals surface area contributed by atoms with Gasteiger partial charge in [0.15, 0.2) is 0 Å². The average molecular weight is 301 g/mol. The van der Waals surface area contributed by atoms with Crippen LogP contribution in [-0.4, -0.2) is 41.9 Å². The molecule has 1 aromatic rings. The van der Waals surface area contributed by atoms with E-state index >= 15 is 0 Å². The highest BCUT2D eigenvalue weighted by atomic mass is 32.2. The molecular formula is C13H19NO3S2. The van der Waals surface area contributed by atoms with Crippen LogP contribution in [0.1, 0.15) is 18.9 Å². The van der Waals surface area contributed by atoms with Crippen LogP contribution in [0.25, 0.3) is 0 Å². The standard InChI is InChI=1S/C13H19NO3S2/c1-10(6-13(16)17-3)19-9-12(15)14(2)7-11-4-5-18-8-11/h4-5,8,10H,6-7,9H2,1-3H3. The third-order valence-electron chi connectivity index (χ3n) is 2.60. The van der Waals surface area contributed by atoms with Gasteiger partial charge in [0.1, 0.15) is 0 Å². The number of hydrogen-bond donors (Lipinski definition) is 0. The van der Waals surface area contributed by atoms with E-state index in [1.807, 2.05) is 23.8 Å². The number of hydrogen-bond acceptors (Lipinski definition) is 5. The molecule has 6 heteroatoms. The minimum atomic E-state index is -0.237. The summed E-state index contributed by atoms with van der Waals surface area (Å²) in [4.78, 5) is 24.7. The molecule has 106 valence electrons. The van der Waals surface area contributed by atoms with Crippen LogP contribution in [0.2, 0.25) is 0 Å². The summed E-state index contributed by atoms with van der Waals surface area (Å²) < 4.78 is 4.60. The first-order chi connectivity index (χ1) is 9.02. The van der Waals surface area contributed by atoms with E-state index < -0.39 is 0 Å². The number of carbonyl (C=O) groups is 2. The van der Waals surface area contributed by atoms with E-state index in [0.29, 0.717) is 18.7 Å². The number of thioether (sulfide) groups is 1. The summed E-state index contributed by atoms with van der Waals surface area (Å²) in [5, 5.41) is 4.13. The van der Waals surface area contributed by atoms with Crippen LogP contribution < -0.4 is 0 Å². The lowest BCUT2D eigenvalue weighted by molar-refractivity contribution is -0.140. The van der Waals surface area contributed by atoms with Crippen molar-refractivity contribution < 1.29 is 14.3 Å². The Hall–Kier alpha value is -1.01. The maximum absolute atomic E-state index is 11.9. The zero-order valence-electron chi connectivity index (χ0n) is 11.4. The number of ether oxygens (including phenoxy) is 1. The van der Waals surface area contributed by atoms with Gasteiger partial charge >= 0.3 is 5.97 Å². The lowest BCUT2D eigenvalue weighted by Gasteiger charge is -2.17. The molecule has 0 aliphatic heterocycles. The third kappa shape index (κ3) is 6.11. The van der Waals surface area contributed by atoms with Crippen LogP contribution in [0.4, 0.5) is 0 Å². The highest BCUT2D eigenvalue weighted by Gasteiger charge is 2.14. The van der Waals surface area contributed by atoms with Crippen molar-refractivity contribution in [2.24, 2.45) is 0 Å². The second-order valence-corrected chi connectivity index (χ2v) is 6.49. The highest BCUT2D eigenvalue weighted by Crippen LogP contribution is 2.16. The molecule has 0 saturated heterocycles. The molecular weight excluding hydrogens is 282 g/mol. The lowest BCUT2D eigenvalue weighted by atomic mass is 10.3. The van der Waals surface area contributed by atoms with Crippen LogP contribution in [-0.2, 0) is 20.9 Å². The van der Waals surface area contributed by atoms with Crippen molar-refractivity contribution in [3.63, 3.8) is 0 Å². The van der Waals surface area contributed by atoms with Crippen molar-refractivity contribution in [1.82, 2.24) is 4.90 Å². The Morgan fingerprint density at radius 1 is 1.53 bits per heavy atom. The van der Waals surface area contributed by atoms with Crippen molar-refractivity contribution in [2.75, 3.05) is 19.9 Å². The molecule has 1 aromatic heterocycles. The second-order valence-electron chi connectivity index (χ2n) is 4.28. The van der Waals surface area contributed by atoms with E-state index in [2.05, 4.69) is 4.74 Å². The summed E-state index contributed by atoms with van der Waals surface area (Å²) in [5.41, 5.74) is 1.15. The summed E-state index contributed by atoms with van der Waals surface area (Å²) in [7, 11) is 3.17. The van der Waals surface area contributed by atoms with E-state index in [-0.39, 0.29) is 17.1 Å². The molecule has 0 aliphatic carbocycles. The van der Waals surface area contributed by atoms with Crippen LogP contribution in [0.3, 0.4) is 0 Å². The van der Waals surface area contributed by atoms with Crippen molar-refractivity contribution >= 4 is 35.0 Å². The lowest BCUT2D eigenvalue weighted by Crippen LogP contribution is -2.28. The second kappa shape index (κ2) is 8.22. The number of carbonyl (C=O) groups excluding carboxylic acids is 2. The Kier molecular flexibility index (Phi) is 6.94. The van der Waals surface area contributed by atoms with E-state index in [0.717, 1.165) is 5.56 Å². The molecule has 0 aliphatic rings. The number of esters is 1. The molecule has 1 rings (SSSR count). The van der Waals surface area contributed by atoms with E-state index in [1.54, 1.807) is 23.3 Å². The fourth-order valence-corrected chi connectivity index (χ4v) is 3.01. The molecule has 0 spiro atoms. The molecule has 0 bridgehead atoms. The first-order valence-electron chi connectivity index (χ1n) is 5.96.